The largest absolute Gasteiger partial charge is 0.495 e. The van der Waals surface area contributed by atoms with Crippen LogP contribution in [0.25, 0.3) is 0 Å². The fourth-order valence-corrected chi connectivity index (χ4v) is 3.88. The maximum atomic E-state index is 13.3. The summed E-state index contributed by atoms with van der Waals surface area (Å²) in [6, 6.07) is 6.24. The first-order valence-electron chi connectivity index (χ1n) is 10.0. The highest BCUT2D eigenvalue weighted by atomic mass is 16.5. The van der Waals surface area contributed by atoms with Gasteiger partial charge >= 0.3 is 0 Å². The maximum absolute atomic E-state index is 13.3. The molecule has 0 unspecified atom stereocenters. The van der Waals surface area contributed by atoms with Gasteiger partial charge in [-0.15, -0.1) is 0 Å². The Hall–Kier alpha value is -2.04. The van der Waals surface area contributed by atoms with E-state index < -0.39 is 5.41 Å². The molecule has 0 radical (unpaired) electrons. The Morgan fingerprint density at radius 2 is 1.85 bits per heavy atom. The van der Waals surface area contributed by atoms with Crippen molar-refractivity contribution in [3.8, 4) is 5.75 Å². The summed E-state index contributed by atoms with van der Waals surface area (Å²) >= 11 is 0. The summed E-state index contributed by atoms with van der Waals surface area (Å²) in [4.78, 5) is 25.7. The summed E-state index contributed by atoms with van der Waals surface area (Å²) in [5, 5.41) is 6.12. The highest BCUT2D eigenvalue weighted by Crippen LogP contribution is 2.43. The van der Waals surface area contributed by atoms with Crippen LogP contribution in [-0.4, -0.2) is 25.0 Å². The van der Waals surface area contributed by atoms with Gasteiger partial charge in [-0.1, -0.05) is 39.7 Å². The van der Waals surface area contributed by atoms with Crippen LogP contribution in [0, 0.1) is 5.41 Å². The number of hydrogen-bond donors (Lipinski definition) is 2. The zero-order valence-electron chi connectivity index (χ0n) is 17.0. The molecule has 2 amide bonds. The quantitative estimate of drug-likeness (QED) is 0.788. The molecule has 0 atom stereocenters. The second-order valence-corrected chi connectivity index (χ2v) is 9.13. The van der Waals surface area contributed by atoms with E-state index in [9.17, 15) is 9.59 Å². The minimum Gasteiger partial charge on any atom is -0.495 e. The van der Waals surface area contributed by atoms with Crippen LogP contribution < -0.4 is 15.4 Å². The first-order valence-corrected chi connectivity index (χ1v) is 10.0. The number of carbonyl (C=O) groups is 2. The van der Waals surface area contributed by atoms with Gasteiger partial charge in [0.2, 0.25) is 11.8 Å². The van der Waals surface area contributed by atoms with Gasteiger partial charge in [0.1, 0.15) is 5.75 Å². The molecule has 2 fully saturated rings. The number of anilines is 1. The minimum atomic E-state index is -0.609. The lowest BCUT2D eigenvalue weighted by Crippen LogP contribution is -2.39. The van der Waals surface area contributed by atoms with E-state index in [-0.39, 0.29) is 23.7 Å². The molecular formula is C22H32N2O3. The van der Waals surface area contributed by atoms with E-state index in [1.165, 1.54) is 0 Å². The molecule has 0 bridgehead atoms. The van der Waals surface area contributed by atoms with Gasteiger partial charge in [0, 0.05) is 12.5 Å². The van der Waals surface area contributed by atoms with E-state index in [1.807, 2.05) is 18.2 Å². The fraction of sp³-hybridized carbons (Fsp3) is 0.636. The van der Waals surface area contributed by atoms with Crippen molar-refractivity contribution in [2.24, 2.45) is 5.41 Å². The molecule has 0 spiro atoms. The van der Waals surface area contributed by atoms with Gasteiger partial charge in [-0.25, -0.2) is 0 Å². The van der Waals surface area contributed by atoms with E-state index in [1.54, 1.807) is 7.11 Å². The number of methoxy groups -OCH3 is 1. The lowest BCUT2D eigenvalue weighted by molar-refractivity contribution is -0.132. The van der Waals surface area contributed by atoms with Gasteiger partial charge in [-0.2, -0.15) is 0 Å². The molecule has 1 aromatic carbocycles. The Morgan fingerprint density at radius 3 is 2.41 bits per heavy atom. The summed E-state index contributed by atoms with van der Waals surface area (Å²) in [6.45, 7) is 6.42. The number of ether oxygens (including phenoxy) is 1. The lowest BCUT2D eigenvalue weighted by Gasteiger charge is -2.28. The van der Waals surface area contributed by atoms with Crippen molar-refractivity contribution in [2.45, 2.75) is 77.2 Å². The normalized spacial score (nSPS) is 18.8. The van der Waals surface area contributed by atoms with Gasteiger partial charge in [0.05, 0.1) is 18.2 Å². The summed E-state index contributed by atoms with van der Waals surface area (Å²) in [5.41, 5.74) is 1.18. The summed E-state index contributed by atoms with van der Waals surface area (Å²) < 4.78 is 5.46. The maximum Gasteiger partial charge on any atom is 0.231 e. The second-order valence-electron chi connectivity index (χ2n) is 9.13. The average Bonchev–Trinajstić information content (AvgIpc) is 3.28. The van der Waals surface area contributed by atoms with Crippen LogP contribution in [0.15, 0.2) is 18.2 Å². The fourth-order valence-electron chi connectivity index (χ4n) is 3.88. The van der Waals surface area contributed by atoms with Crippen molar-refractivity contribution >= 4 is 17.5 Å². The predicted molar refractivity (Wildman–Crippen MR) is 107 cm³/mol. The monoisotopic (exact) mass is 372 g/mol. The first kappa shape index (κ1) is 19.7. The zero-order valence-corrected chi connectivity index (χ0v) is 17.0. The number of hydrogen-bond acceptors (Lipinski definition) is 3. The highest BCUT2D eigenvalue weighted by molar-refractivity contribution is 5.99. The molecule has 2 saturated carbocycles. The van der Waals surface area contributed by atoms with Crippen LogP contribution in [0.5, 0.6) is 5.75 Å². The molecule has 2 N–H and O–H groups in total. The SMILES string of the molecule is COc1ccc(C(C)(C)C)cc1NC(=O)C1(CC(=O)NC2CC2)CCCC1. The number of benzene rings is 1. The van der Waals surface area contributed by atoms with Crippen LogP contribution in [0.4, 0.5) is 5.69 Å². The molecular weight excluding hydrogens is 340 g/mol. The van der Waals surface area contributed by atoms with E-state index in [0.717, 1.165) is 44.1 Å². The Bertz CT molecular complexity index is 711. The molecule has 1 aromatic rings. The van der Waals surface area contributed by atoms with Gasteiger partial charge < -0.3 is 15.4 Å². The molecule has 2 aliphatic carbocycles. The third-order valence-electron chi connectivity index (χ3n) is 5.80. The van der Waals surface area contributed by atoms with Gasteiger partial charge in [-0.3, -0.25) is 9.59 Å². The summed E-state index contributed by atoms with van der Waals surface area (Å²) in [5.74, 6) is 0.590. The predicted octanol–water partition coefficient (Wildman–Crippen LogP) is 4.16. The molecule has 0 aromatic heterocycles. The lowest BCUT2D eigenvalue weighted by atomic mass is 9.81. The van der Waals surface area contributed by atoms with Crippen molar-refractivity contribution in [3.05, 3.63) is 23.8 Å². The smallest absolute Gasteiger partial charge is 0.231 e. The third-order valence-corrected chi connectivity index (χ3v) is 5.80. The molecule has 0 aliphatic heterocycles. The van der Waals surface area contributed by atoms with E-state index in [2.05, 4.69) is 31.4 Å². The molecule has 0 heterocycles. The molecule has 0 saturated heterocycles. The van der Waals surface area contributed by atoms with Crippen LogP contribution in [0.1, 0.15) is 71.3 Å². The summed E-state index contributed by atoms with van der Waals surface area (Å²) in [7, 11) is 1.61. The number of amides is 2. The molecule has 3 rings (SSSR count). The Morgan fingerprint density at radius 1 is 1.19 bits per heavy atom. The average molecular weight is 373 g/mol. The van der Waals surface area contributed by atoms with Crippen molar-refractivity contribution in [2.75, 3.05) is 12.4 Å². The third kappa shape index (κ3) is 4.63. The van der Waals surface area contributed by atoms with E-state index in [4.69, 9.17) is 4.74 Å². The van der Waals surface area contributed by atoms with Crippen LogP contribution in [-0.2, 0) is 15.0 Å². The van der Waals surface area contributed by atoms with Gasteiger partial charge in [0.25, 0.3) is 0 Å². The number of rotatable bonds is 6. The number of carbonyl (C=O) groups excluding carboxylic acids is 2. The summed E-state index contributed by atoms with van der Waals surface area (Å²) in [6.07, 6.45) is 5.89. The van der Waals surface area contributed by atoms with Gasteiger partial charge in [0.15, 0.2) is 0 Å². The standard InChI is InChI=1S/C22H32N2O3/c1-21(2,3)15-7-10-18(27-4)17(13-15)24-20(26)22(11-5-6-12-22)14-19(25)23-16-8-9-16/h7,10,13,16H,5-6,8-9,11-12,14H2,1-4H3,(H,23,25)(H,24,26). The van der Waals surface area contributed by atoms with Crippen LogP contribution >= 0.6 is 0 Å². The topological polar surface area (TPSA) is 67.4 Å². The molecule has 2 aliphatic rings. The van der Waals surface area contributed by atoms with Crippen LogP contribution in [0.3, 0.4) is 0 Å². The van der Waals surface area contributed by atoms with Crippen molar-refractivity contribution in [3.63, 3.8) is 0 Å². The molecule has 27 heavy (non-hydrogen) atoms. The first-order chi connectivity index (χ1) is 12.7. The van der Waals surface area contributed by atoms with Crippen LogP contribution in [0.2, 0.25) is 0 Å². The Labute approximate surface area is 162 Å². The molecule has 5 heteroatoms. The molecule has 148 valence electrons. The second kappa shape index (κ2) is 7.53. The minimum absolute atomic E-state index is 0.00459. The highest BCUT2D eigenvalue weighted by Gasteiger charge is 2.43. The van der Waals surface area contributed by atoms with E-state index in [0.29, 0.717) is 17.5 Å². The van der Waals surface area contributed by atoms with Crippen molar-refractivity contribution in [1.29, 1.82) is 0 Å². The zero-order chi connectivity index (χ0) is 19.7. The number of nitrogens with one attached hydrogen (secondary N) is 2. The Kier molecular flexibility index (Phi) is 5.50. The Balaban J connectivity index is 1.80. The van der Waals surface area contributed by atoms with Crippen molar-refractivity contribution < 1.29 is 14.3 Å². The van der Waals surface area contributed by atoms with Gasteiger partial charge in [-0.05, 0) is 48.8 Å². The molecule has 5 nitrogen and oxygen atoms in total. The van der Waals surface area contributed by atoms with Crippen molar-refractivity contribution in [1.82, 2.24) is 5.32 Å². The van der Waals surface area contributed by atoms with E-state index >= 15 is 0 Å².